The van der Waals surface area contributed by atoms with Crippen LogP contribution in [0.15, 0.2) is 29.2 Å². The van der Waals surface area contributed by atoms with Crippen LogP contribution in [-0.4, -0.2) is 45.7 Å². The molecular weight excluding hydrogens is 322 g/mol. The summed E-state index contributed by atoms with van der Waals surface area (Å²) >= 11 is 5.89. The molecule has 0 unspecified atom stereocenters. The van der Waals surface area contributed by atoms with E-state index in [2.05, 4.69) is 0 Å². The Balaban J connectivity index is 3.16. The molecule has 0 aliphatic carbocycles. The molecule has 0 N–H and O–H groups in total. The first-order valence-corrected chi connectivity index (χ1v) is 9.51. The van der Waals surface area contributed by atoms with Crippen LogP contribution in [0.2, 0.25) is 5.02 Å². The van der Waals surface area contributed by atoms with E-state index in [-0.39, 0.29) is 16.5 Å². The quantitative estimate of drug-likeness (QED) is 0.819. The van der Waals surface area contributed by atoms with Crippen molar-refractivity contribution in [3.8, 4) is 0 Å². The number of hydrogen-bond donors (Lipinski definition) is 0. The average Bonchev–Trinajstić information content (AvgIpc) is 2.27. The molecule has 0 saturated heterocycles. The minimum atomic E-state index is -3.83. The molecule has 0 heterocycles. The van der Waals surface area contributed by atoms with Gasteiger partial charge in [0, 0.05) is 19.8 Å². The van der Waals surface area contributed by atoms with Gasteiger partial charge in [-0.15, -0.1) is 0 Å². The Labute approximate surface area is 125 Å². The van der Waals surface area contributed by atoms with Gasteiger partial charge in [-0.3, -0.25) is 0 Å². The van der Waals surface area contributed by atoms with Crippen LogP contribution in [0.25, 0.3) is 0 Å². The van der Waals surface area contributed by atoms with Gasteiger partial charge in [-0.1, -0.05) is 23.7 Å². The predicted molar refractivity (Wildman–Crippen MR) is 80.2 cm³/mol. The second kappa shape index (κ2) is 5.63. The van der Waals surface area contributed by atoms with E-state index in [1.807, 2.05) is 0 Å². The lowest BCUT2D eigenvalue weighted by molar-refractivity contribution is 0.422. The molecule has 114 valence electrons. The lowest BCUT2D eigenvalue weighted by atomic mass is 10.2. The summed E-state index contributed by atoms with van der Waals surface area (Å²) in [6, 6.07) is 6.06. The summed E-state index contributed by atoms with van der Waals surface area (Å²) in [5.41, 5.74) is 0. The van der Waals surface area contributed by atoms with E-state index in [1.54, 1.807) is 12.1 Å². The molecule has 0 radical (unpaired) electrons. The van der Waals surface area contributed by atoms with E-state index in [1.165, 1.54) is 33.0 Å². The van der Waals surface area contributed by atoms with E-state index >= 15 is 0 Å². The number of sulfonamides is 1. The van der Waals surface area contributed by atoms with Crippen molar-refractivity contribution in [3.05, 3.63) is 29.3 Å². The van der Waals surface area contributed by atoms with Gasteiger partial charge in [-0.2, -0.15) is 4.31 Å². The highest BCUT2D eigenvalue weighted by atomic mass is 35.5. The molecule has 0 spiro atoms. The lowest BCUT2D eigenvalue weighted by Gasteiger charge is -2.28. The second-order valence-corrected chi connectivity index (χ2v) is 10.3. The van der Waals surface area contributed by atoms with Crippen LogP contribution in [0, 0.1) is 0 Å². The van der Waals surface area contributed by atoms with Crippen molar-refractivity contribution in [3.63, 3.8) is 0 Å². The third kappa shape index (κ3) is 3.52. The number of sulfone groups is 1. The van der Waals surface area contributed by atoms with E-state index < -0.39 is 24.6 Å². The molecule has 0 atom stereocenters. The zero-order valence-electron chi connectivity index (χ0n) is 11.8. The molecule has 8 heteroatoms. The first kappa shape index (κ1) is 17.4. The molecule has 0 amide bonds. The van der Waals surface area contributed by atoms with Crippen LogP contribution >= 0.6 is 11.6 Å². The zero-order chi connectivity index (χ0) is 15.8. The molecular formula is C12H18ClNO4S2. The number of halogens is 1. The van der Waals surface area contributed by atoms with Crippen molar-refractivity contribution in [1.29, 1.82) is 0 Å². The fraction of sp³-hybridized carbons (Fsp3) is 0.500. The average molecular weight is 340 g/mol. The Morgan fingerprint density at radius 3 is 2.10 bits per heavy atom. The van der Waals surface area contributed by atoms with Gasteiger partial charge in [0.2, 0.25) is 10.0 Å². The Bertz CT molecular complexity index is 696. The van der Waals surface area contributed by atoms with E-state index in [0.29, 0.717) is 0 Å². The highest BCUT2D eigenvalue weighted by Crippen LogP contribution is 2.26. The van der Waals surface area contributed by atoms with Crippen LogP contribution in [0.5, 0.6) is 0 Å². The standard InChI is InChI=1S/C12H18ClNO4S2/c1-12(2,19(4,15)16)9-14(3)20(17,18)11-8-6-5-7-10(11)13/h5-8H,9H2,1-4H3. The first-order chi connectivity index (χ1) is 8.89. The van der Waals surface area contributed by atoms with Crippen molar-refractivity contribution >= 4 is 31.5 Å². The predicted octanol–water partition coefficient (Wildman–Crippen LogP) is 1.78. The van der Waals surface area contributed by atoms with Gasteiger partial charge in [0.15, 0.2) is 9.84 Å². The fourth-order valence-electron chi connectivity index (χ4n) is 1.56. The van der Waals surface area contributed by atoms with Crippen molar-refractivity contribution in [2.45, 2.75) is 23.5 Å². The summed E-state index contributed by atoms with van der Waals surface area (Å²) in [5, 5.41) is 0.108. The highest BCUT2D eigenvalue weighted by molar-refractivity contribution is 7.92. The molecule has 0 saturated carbocycles. The summed E-state index contributed by atoms with van der Waals surface area (Å²) in [7, 11) is -5.88. The van der Waals surface area contributed by atoms with Crippen LogP contribution in [-0.2, 0) is 19.9 Å². The SMILES string of the molecule is CN(CC(C)(C)S(C)(=O)=O)S(=O)(=O)c1ccccc1Cl. The Morgan fingerprint density at radius 1 is 1.15 bits per heavy atom. The van der Waals surface area contributed by atoms with Gasteiger partial charge in [0.05, 0.1) is 9.77 Å². The van der Waals surface area contributed by atoms with Crippen molar-refractivity contribution in [1.82, 2.24) is 4.31 Å². The van der Waals surface area contributed by atoms with Gasteiger partial charge in [0.25, 0.3) is 0 Å². The van der Waals surface area contributed by atoms with Crippen molar-refractivity contribution in [2.24, 2.45) is 0 Å². The molecule has 0 bridgehead atoms. The number of benzene rings is 1. The largest absolute Gasteiger partial charge is 0.244 e. The van der Waals surface area contributed by atoms with Gasteiger partial charge >= 0.3 is 0 Å². The fourth-order valence-corrected chi connectivity index (χ4v) is 3.89. The van der Waals surface area contributed by atoms with E-state index in [9.17, 15) is 16.8 Å². The maximum Gasteiger partial charge on any atom is 0.244 e. The maximum absolute atomic E-state index is 12.4. The minimum absolute atomic E-state index is 0.0338. The molecule has 20 heavy (non-hydrogen) atoms. The van der Waals surface area contributed by atoms with Gasteiger partial charge in [-0.25, -0.2) is 16.8 Å². The van der Waals surface area contributed by atoms with Crippen molar-refractivity contribution in [2.75, 3.05) is 19.8 Å². The molecule has 0 aliphatic heterocycles. The van der Waals surface area contributed by atoms with Crippen molar-refractivity contribution < 1.29 is 16.8 Å². The summed E-state index contributed by atoms with van der Waals surface area (Å²) < 4.78 is 48.0. The third-order valence-corrected chi connectivity index (χ3v) is 7.57. The molecule has 1 aromatic rings. The Hall–Kier alpha value is -0.630. The zero-order valence-corrected chi connectivity index (χ0v) is 14.2. The van der Waals surface area contributed by atoms with Gasteiger partial charge in [0.1, 0.15) is 4.90 Å². The number of hydrogen-bond acceptors (Lipinski definition) is 4. The highest BCUT2D eigenvalue weighted by Gasteiger charge is 2.35. The molecule has 0 fully saturated rings. The summed E-state index contributed by atoms with van der Waals surface area (Å²) in [5.74, 6) is 0. The molecule has 5 nitrogen and oxygen atoms in total. The normalized spacial score (nSPS) is 13.7. The first-order valence-electron chi connectivity index (χ1n) is 5.80. The minimum Gasteiger partial charge on any atom is -0.229 e. The summed E-state index contributed by atoms with van der Waals surface area (Å²) in [6.07, 6.45) is 1.09. The maximum atomic E-state index is 12.4. The molecule has 1 aromatic carbocycles. The Kier molecular flexibility index (Phi) is 4.91. The van der Waals surface area contributed by atoms with Crippen LogP contribution in [0.4, 0.5) is 0 Å². The topological polar surface area (TPSA) is 71.5 Å². The lowest BCUT2D eigenvalue weighted by Crippen LogP contribution is -2.44. The number of rotatable bonds is 5. The smallest absolute Gasteiger partial charge is 0.229 e. The van der Waals surface area contributed by atoms with Gasteiger partial charge in [-0.05, 0) is 26.0 Å². The van der Waals surface area contributed by atoms with Gasteiger partial charge < -0.3 is 0 Å². The van der Waals surface area contributed by atoms with E-state index in [0.717, 1.165) is 10.6 Å². The number of nitrogens with zero attached hydrogens (tertiary/aromatic N) is 1. The third-order valence-electron chi connectivity index (χ3n) is 3.13. The summed E-state index contributed by atoms with van der Waals surface area (Å²) in [6.45, 7) is 2.82. The van der Waals surface area contributed by atoms with E-state index in [4.69, 9.17) is 11.6 Å². The van der Waals surface area contributed by atoms with Crippen LogP contribution in [0.3, 0.4) is 0 Å². The molecule has 0 aliphatic rings. The van der Waals surface area contributed by atoms with Crippen LogP contribution < -0.4 is 0 Å². The molecule has 1 rings (SSSR count). The van der Waals surface area contributed by atoms with Crippen LogP contribution in [0.1, 0.15) is 13.8 Å². The summed E-state index contributed by atoms with van der Waals surface area (Å²) in [4.78, 5) is -0.0338. The second-order valence-electron chi connectivity index (χ2n) is 5.22. The monoisotopic (exact) mass is 339 g/mol. The Morgan fingerprint density at radius 2 is 1.65 bits per heavy atom. The molecule has 0 aromatic heterocycles.